The Labute approximate surface area is 322 Å². The lowest BCUT2D eigenvalue weighted by atomic mass is 9.90. The Balaban J connectivity index is 1.05. The molecule has 4 aromatic rings. The van der Waals surface area contributed by atoms with Crippen LogP contribution >= 0.6 is 0 Å². The molecule has 3 aromatic heterocycles. The van der Waals surface area contributed by atoms with E-state index in [4.69, 9.17) is 9.72 Å². The van der Waals surface area contributed by atoms with Crippen LogP contribution in [0.2, 0.25) is 0 Å². The molecule has 2 atom stereocenters. The summed E-state index contributed by atoms with van der Waals surface area (Å²) in [5.41, 5.74) is 7.44. The van der Waals surface area contributed by atoms with Gasteiger partial charge in [-0.05, 0) is 86.9 Å². The van der Waals surface area contributed by atoms with Crippen LogP contribution in [0.25, 0.3) is 11.3 Å². The molecule has 0 saturated carbocycles. The van der Waals surface area contributed by atoms with E-state index >= 15 is 0 Å². The third kappa shape index (κ3) is 6.95. The van der Waals surface area contributed by atoms with E-state index in [0.29, 0.717) is 47.7 Å². The summed E-state index contributed by atoms with van der Waals surface area (Å²) in [7, 11) is 1.69. The highest BCUT2D eigenvalue weighted by Gasteiger charge is 2.37. The molecule has 55 heavy (non-hydrogen) atoms. The molecular formula is C42H51N9O4. The van der Waals surface area contributed by atoms with E-state index in [1.807, 2.05) is 31.2 Å². The van der Waals surface area contributed by atoms with Crippen LogP contribution in [0, 0.1) is 12.3 Å². The van der Waals surface area contributed by atoms with E-state index in [2.05, 4.69) is 63.4 Å². The molecule has 2 saturated heterocycles. The van der Waals surface area contributed by atoms with Gasteiger partial charge in [0.25, 0.3) is 11.5 Å². The number of anilines is 5. The number of fused-ring (bicyclic) bond motifs is 3. The Kier molecular flexibility index (Phi) is 9.62. The molecule has 2 amide bonds. The largest absolute Gasteiger partial charge is 0.379 e. The number of morpholine rings is 1. The van der Waals surface area contributed by atoms with Crippen molar-refractivity contribution in [2.45, 2.75) is 72.0 Å². The maximum Gasteiger partial charge on any atom is 0.293 e. The first-order valence-electron chi connectivity index (χ1n) is 19.4. The Bertz CT molecular complexity index is 2230. The molecule has 13 nitrogen and oxygen atoms in total. The number of rotatable bonds is 8. The molecule has 8 rings (SSSR count). The number of nitrogens with zero attached hydrogens (tertiary/aromatic N) is 7. The molecule has 1 aliphatic carbocycles. The summed E-state index contributed by atoms with van der Waals surface area (Å²) in [5, 5.41) is 6.25. The molecule has 1 unspecified atom stereocenters. The zero-order valence-corrected chi connectivity index (χ0v) is 32.5. The van der Waals surface area contributed by atoms with Gasteiger partial charge in [0.15, 0.2) is 5.82 Å². The van der Waals surface area contributed by atoms with Gasteiger partial charge < -0.3 is 29.4 Å². The first-order chi connectivity index (χ1) is 26.4. The second kappa shape index (κ2) is 14.4. The molecule has 6 heterocycles. The summed E-state index contributed by atoms with van der Waals surface area (Å²) in [6.07, 6.45) is 8.62. The second-order valence-electron chi connectivity index (χ2n) is 16.2. The van der Waals surface area contributed by atoms with Gasteiger partial charge in [-0.3, -0.25) is 24.2 Å². The molecule has 13 heteroatoms. The molecule has 4 aliphatic rings. The number of aromatic nitrogens is 4. The van der Waals surface area contributed by atoms with Gasteiger partial charge in [-0.25, -0.2) is 9.97 Å². The van der Waals surface area contributed by atoms with Crippen molar-refractivity contribution in [3.05, 3.63) is 88.2 Å². The lowest BCUT2D eigenvalue weighted by Gasteiger charge is -2.44. The molecule has 2 N–H and O–H groups in total. The third-order valence-electron chi connectivity index (χ3n) is 11.8. The lowest BCUT2D eigenvalue weighted by molar-refractivity contribution is -0.111. The van der Waals surface area contributed by atoms with Gasteiger partial charge in [0.2, 0.25) is 5.91 Å². The number of hydrogen-bond acceptors (Lipinski definition) is 9. The fourth-order valence-electron chi connectivity index (χ4n) is 9.07. The minimum Gasteiger partial charge on any atom is -0.379 e. The topological polar surface area (TPSA) is 130 Å². The predicted molar refractivity (Wildman–Crippen MR) is 216 cm³/mol. The Morgan fingerprint density at radius 2 is 1.85 bits per heavy atom. The summed E-state index contributed by atoms with van der Waals surface area (Å²) >= 11 is 0. The average molecular weight is 746 g/mol. The van der Waals surface area contributed by atoms with Gasteiger partial charge in [-0.1, -0.05) is 20.4 Å². The van der Waals surface area contributed by atoms with Crippen LogP contribution in [0.1, 0.15) is 60.9 Å². The van der Waals surface area contributed by atoms with Crippen molar-refractivity contribution < 1.29 is 14.3 Å². The van der Waals surface area contributed by atoms with Crippen molar-refractivity contribution in [3.63, 3.8) is 0 Å². The minimum absolute atomic E-state index is 0.0550. The number of carbonyl (C=O) groups is 2. The summed E-state index contributed by atoms with van der Waals surface area (Å²) in [6, 6.07) is 10.4. The van der Waals surface area contributed by atoms with Gasteiger partial charge in [-0.15, -0.1) is 0 Å². The van der Waals surface area contributed by atoms with Gasteiger partial charge in [0.05, 0.1) is 30.3 Å². The van der Waals surface area contributed by atoms with E-state index in [0.717, 1.165) is 75.3 Å². The molecule has 0 radical (unpaired) electrons. The standard InChI is InChI=1S/C42H51N9O4/c1-7-37(52)45-32-22-29(8-9-34(32)49-13-11-30(20-26(49)2)48-16-18-55-19-17-48)44-38-41(54)47(6)25-33(46-38)31-10-12-43-39(27(31)3)51-15-14-50-35(40(51)53)21-28-23-42(4,5)24-36(28)50/h7-10,12,21-22,25-26,30H,1,11,13-20,23-24H2,2-6H3,(H,44,46)(H,45,52)/t26-,30?/m0/s1. The van der Waals surface area contributed by atoms with Gasteiger partial charge in [0.1, 0.15) is 11.5 Å². The Hall–Kier alpha value is -5.27. The van der Waals surface area contributed by atoms with E-state index in [1.165, 1.54) is 21.9 Å². The molecule has 3 aliphatic heterocycles. The quantitative estimate of drug-likeness (QED) is 0.231. The number of hydrogen-bond donors (Lipinski definition) is 2. The first-order valence-corrected chi connectivity index (χ1v) is 19.4. The number of piperidine rings is 1. The van der Waals surface area contributed by atoms with Crippen molar-refractivity contribution in [2.75, 3.05) is 59.8 Å². The number of aryl methyl sites for hydroxylation is 1. The molecule has 1 aromatic carbocycles. The fourth-order valence-corrected chi connectivity index (χ4v) is 9.07. The predicted octanol–water partition coefficient (Wildman–Crippen LogP) is 5.30. The van der Waals surface area contributed by atoms with Crippen LogP contribution in [-0.4, -0.2) is 87.3 Å². The summed E-state index contributed by atoms with van der Waals surface area (Å²) in [6.45, 7) is 17.9. The van der Waals surface area contributed by atoms with Gasteiger partial charge in [0, 0.05) is 86.8 Å². The van der Waals surface area contributed by atoms with Crippen molar-refractivity contribution >= 4 is 40.5 Å². The number of ether oxygens (including phenoxy) is 1. The van der Waals surface area contributed by atoms with Gasteiger partial charge >= 0.3 is 0 Å². The molecule has 2 fully saturated rings. The normalized spacial score (nSPS) is 20.9. The van der Waals surface area contributed by atoms with Crippen molar-refractivity contribution in [1.82, 2.24) is 24.0 Å². The maximum atomic E-state index is 13.9. The van der Waals surface area contributed by atoms with Crippen molar-refractivity contribution in [1.29, 1.82) is 0 Å². The van der Waals surface area contributed by atoms with Crippen LogP contribution < -0.4 is 26.0 Å². The fraction of sp³-hybridized carbons (Fsp3) is 0.452. The smallest absolute Gasteiger partial charge is 0.293 e. The highest BCUT2D eigenvalue weighted by atomic mass is 16.5. The van der Waals surface area contributed by atoms with Crippen LogP contribution in [0.5, 0.6) is 0 Å². The zero-order valence-electron chi connectivity index (χ0n) is 32.5. The van der Waals surface area contributed by atoms with Crippen molar-refractivity contribution in [3.8, 4) is 11.3 Å². The van der Waals surface area contributed by atoms with E-state index in [-0.39, 0.29) is 34.6 Å². The van der Waals surface area contributed by atoms with E-state index in [1.54, 1.807) is 24.3 Å². The van der Waals surface area contributed by atoms with Gasteiger partial charge in [-0.2, -0.15) is 0 Å². The average Bonchev–Trinajstić information content (AvgIpc) is 3.66. The molecular weight excluding hydrogens is 695 g/mol. The molecule has 0 spiro atoms. The lowest BCUT2D eigenvalue weighted by Crippen LogP contribution is -2.52. The van der Waals surface area contributed by atoms with Crippen LogP contribution in [0.3, 0.4) is 0 Å². The SMILES string of the molecule is C=CC(=O)Nc1cc(Nc2nc(-c3ccnc(N4CCn5c(cc6c5CC(C)(C)C6)C4=O)c3C)cn(C)c2=O)ccc1N1CCC(N2CCOCC2)C[C@@H]1C. The maximum absolute atomic E-state index is 13.9. The van der Waals surface area contributed by atoms with Crippen LogP contribution in [0.15, 0.2) is 60.2 Å². The van der Waals surface area contributed by atoms with Crippen molar-refractivity contribution in [2.24, 2.45) is 12.5 Å². The zero-order chi connectivity index (χ0) is 38.6. The third-order valence-corrected chi connectivity index (χ3v) is 11.8. The summed E-state index contributed by atoms with van der Waals surface area (Å²) in [5.74, 6) is 0.348. The minimum atomic E-state index is -0.317. The number of benzene rings is 1. The number of carbonyl (C=O) groups excluding carboxylic acids is 2. The van der Waals surface area contributed by atoms with E-state index in [9.17, 15) is 14.4 Å². The molecule has 288 valence electrons. The van der Waals surface area contributed by atoms with E-state index < -0.39 is 0 Å². The number of pyridine rings is 1. The monoisotopic (exact) mass is 745 g/mol. The highest BCUT2D eigenvalue weighted by molar-refractivity contribution is 6.06. The number of nitrogens with one attached hydrogen (secondary N) is 2. The summed E-state index contributed by atoms with van der Waals surface area (Å²) < 4.78 is 9.28. The first kappa shape index (κ1) is 36.7. The number of amides is 2. The Morgan fingerprint density at radius 1 is 1.05 bits per heavy atom. The molecule has 0 bridgehead atoms. The van der Waals surface area contributed by atoms with Crippen LogP contribution in [0.4, 0.5) is 28.7 Å². The second-order valence-corrected chi connectivity index (χ2v) is 16.2. The highest BCUT2D eigenvalue weighted by Crippen LogP contribution is 2.40. The Morgan fingerprint density at radius 3 is 2.62 bits per heavy atom. The summed E-state index contributed by atoms with van der Waals surface area (Å²) in [4.78, 5) is 56.2. The van der Waals surface area contributed by atoms with Crippen LogP contribution in [-0.2, 0) is 36.0 Å².